The third-order valence-corrected chi connectivity index (χ3v) is 4.44. The van der Waals surface area contributed by atoms with Gasteiger partial charge in [0, 0.05) is 37.6 Å². The van der Waals surface area contributed by atoms with E-state index in [0.29, 0.717) is 12.3 Å². The average molecular weight is 308 g/mol. The van der Waals surface area contributed by atoms with E-state index in [2.05, 4.69) is 4.90 Å². The van der Waals surface area contributed by atoms with Crippen molar-refractivity contribution in [2.24, 2.45) is 0 Å². The van der Waals surface area contributed by atoms with Gasteiger partial charge in [-0.1, -0.05) is 18.2 Å². The van der Waals surface area contributed by atoms with Gasteiger partial charge in [-0.05, 0) is 26.0 Å². The fourth-order valence-corrected chi connectivity index (χ4v) is 3.28. The van der Waals surface area contributed by atoms with Crippen LogP contribution in [0.4, 0.5) is 0 Å². The van der Waals surface area contributed by atoms with Crippen molar-refractivity contribution in [2.45, 2.75) is 24.3 Å². The number of hydrogen-bond donors (Lipinski definition) is 1. The highest BCUT2D eigenvalue weighted by Crippen LogP contribution is 2.18. The number of benzene rings is 1. The van der Waals surface area contributed by atoms with Gasteiger partial charge < -0.3 is 10.0 Å². The summed E-state index contributed by atoms with van der Waals surface area (Å²) in [5.74, 6) is 0.696. The van der Waals surface area contributed by atoms with E-state index in [9.17, 15) is 9.90 Å². The minimum atomic E-state index is -0.671. The molecule has 0 aromatic heterocycles. The summed E-state index contributed by atoms with van der Waals surface area (Å²) in [4.78, 5) is 17.5. The molecule has 1 aromatic rings. The largest absolute Gasteiger partial charge is 0.389 e. The minimum Gasteiger partial charge on any atom is -0.389 e. The van der Waals surface area contributed by atoms with E-state index in [4.69, 9.17) is 0 Å². The van der Waals surface area contributed by atoms with E-state index in [0.717, 1.165) is 31.1 Å². The molecule has 1 aliphatic rings. The highest BCUT2D eigenvalue weighted by molar-refractivity contribution is 8.00. The van der Waals surface area contributed by atoms with Crippen molar-refractivity contribution in [1.29, 1.82) is 0 Å². The lowest BCUT2D eigenvalue weighted by atomic mass is 10.1. The number of carbonyl (C=O) groups is 1. The number of amides is 1. The van der Waals surface area contributed by atoms with Gasteiger partial charge in [0.2, 0.25) is 5.91 Å². The summed E-state index contributed by atoms with van der Waals surface area (Å²) in [6, 6.07) is 10.0. The summed E-state index contributed by atoms with van der Waals surface area (Å²) >= 11 is 1.59. The summed E-state index contributed by atoms with van der Waals surface area (Å²) in [6.45, 7) is 7.49. The van der Waals surface area contributed by atoms with Crippen LogP contribution in [-0.4, -0.2) is 64.9 Å². The predicted octanol–water partition coefficient (Wildman–Crippen LogP) is 1.69. The molecular formula is C16H24N2O2S. The summed E-state index contributed by atoms with van der Waals surface area (Å²) in [7, 11) is 0. The third kappa shape index (κ3) is 5.69. The first-order chi connectivity index (χ1) is 9.94. The van der Waals surface area contributed by atoms with Gasteiger partial charge in [0.1, 0.15) is 0 Å². The first kappa shape index (κ1) is 16.3. The predicted molar refractivity (Wildman–Crippen MR) is 86.5 cm³/mol. The second kappa shape index (κ2) is 7.29. The molecule has 4 nitrogen and oxygen atoms in total. The lowest BCUT2D eigenvalue weighted by Gasteiger charge is -2.37. The highest BCUT2D eigenvalue weighted by Gasteiger charge is 2.24. The molecule has 1 amide bonds. The maximum atomic E-state index is 12.2. The Kier molecular flexibility index (Phi) is 5.67. The third-order valence-electron chi connectivity index (χ3n) is 3.44. The van der Waals surface area contributed by atoms with Gasteiger partial charge in [0.15, 0.2) is 0 Å². The summed E-state index contributed by atoms with van der Waals surface area (Å²) in [5, 5.41) is 9.83. The number of β-amino-alcohol motifs (C(OH)–C–C–N with tert-alkyl or cyclic N) is 1. The number of piperazine rings is 1. The number of thioether (sulfide) groups is 1. The van der Waals surface area contributed by atoms with Crippen LogP contribution in [0.25, 0.3) is 0 Å². The molecule has 2 rings (SSSR count). The fourth-order valence-electron chi connectivity index (χ4n) is 2.46. The summed E-state index contributed by atoms with van der Waals surface area (Å²) < 4.78 is 0. The molecule has 1 aromatic carbocycles. The van der Waals surface area contributed by atoms with Crippen LogP contribution in [0.3, 0.4) is 0 Å². The molecule has 1 N–H and O–H groups in total. The van der Waals surface area contributed by atoms with E-state index in [1.54, 1.807) is 11.8 Å². The Morgan fingerprint density at radius 3 is 2.38 bits per heavy atom. The number of aliphatic hydroxyl groups is 1. The Morgan fingerprint density at radius 1 is 1.19 bits per heavy atom. The smallest absolute Gasteiger partial charge is 0.233 e. The Hall–Kier alpha value is -1.04. The number of nitrogens with zero attached hydrogens (tertiary/aromatic N) is 2. The van der Waals surface area contributed by atoms with Crippen LogP contribution >= 0.6 is 11.8 Å². The van der Waals surface area contributed by atoms with Crippen molar-refractivity contribution in [3.05, 3.63) is 30.3 Å². The van der Waals surface area contributed by atoms with E-state index in [1.807, 2.05) is 49.1 Å². The molecule has 0 saturated carbocycles. The van der Waals surface area contributed by atoms with Crippen molar-refractivity contribution >= 4 is 17.7 Å². The van der Waals surface area contributed by atoms with Gasteiger partial charge >= 0.3 is 0 Å². The zero-order valence-electron chi connectivity index (χ0n) is 12.8. The van der Waals surface area contributed by atoms with Gasteiger partial charge in [-0.15, -0.1) is 11.8 Å². The SMILES string of the molecule is CC(C)(O)CN1CCN(C(=O)CSc2ccccc2)CC1. The van der Waals surface area contributed by atoms with E-state index in [-0.39, 0.29) is 5.91 Å². The standard InChI is InChI=1S/C16H24N2O2S/c1-16(2,20)13-17-8-10-18(11-9-17)15(19)12-21-14-6-4-3-5-7-14/h3-7,20H,8-13H2,1-2H3. The van der Waals surface area contributed by atoms with Crippen molar-refractivity contribution in [3.63, 3.8) is 0 Å². The van der Waals surface area contributed by atoms with Crippen LogP contribution in [0.2, 0.25) is 0 Å². The zero-order valence-corrected chi connectivity index (χ0v) is 13.6. The minimum absolute atomic E-state index is 0.201. The van der Waals surface area contributed by atoms with E-state index < -0.39 is 5.60 Å². The monoisotopic (exact) mass is 308 g/mol. The number of rotatable bonds is 5. The molecule has 0 aliphatic carbocycles. The summed E-state index contributed by atoms with van der Waals surface area (Å²) in [5.41, 5.74) is -0.671. The lowest BCUT2D eigenvalue weighted by molar-refractivity contribution is -0.130. The molecule has 0 radical (unpaired) electrons. The molecule has 1 saturated heterocycles. The fraction of sp³-hybridized carbons (Fsp3) is 0.562. The molecule has 0 bridgehead atoms. The molecule has 1 heterocycles. The van der Waals surface area contributed by atoms with Gasteiger partial charge in [-0.3, -0.25) is 9.69 Å². The molecular weight excluding hydrogens is 284 g/mol. The molecule has 0 atom stereocenters. The van der Waals surface area contributed by atoms with Crippen molar-refractivity contribution in [3.8, 4) is 0 Å². The molecule has 1 aliphatic heterocycles. The van der Waals surface area contributed by atoms with Crippen molar-refractivity contribution in [1.82, 2.24) is 9.80 Å². The second-order valence-corrected chi connectivity index (χ2v) is 7.12. The Balaban J connectivity index is 1.73. The van der Waals surface area contributed by atoms with Gasteiger partial charge in [0.25, 0.3) is 0 Å². The van der Waals surface area contributed by atoms with Gasteiger partial charge in [0.05, 0.1) is 11.4 Å². The molecule has 5 heteroatoms. The second-order valence-electron chi connectivity index (χ2n) is 6.07. The van der Waals surface area contributed by atoms with Crippen LogP contribution in [0.5, 0.6) is 0 Å². The Bertz CT molecular complexity index is 451. The zero-order chi connectivity index (χ0) is 15.3. The highest BCUT2D eigenvalue weighted by atomic mass is 32.2. The number of hydrogen-bond acceptors (Lipinski definition) is 4. The molecule has 116 valence electrons. The lowest BCUT2D eigenvalue weighted by Crippen LogP contribution is -2.52. The first-order valence-electron chi connectivity index (χ1n) is 7.34. The van der Waals surface area contributed by atoms with Crippen LogP contribution in [0.15, 0.2) is 35.2 Å². The Morgan fingerprint density at radius 2 is 1.81 bits per heavy atom. The van der Waals surface area contributed by atoms with Crippen molar-refractivity contribution < 1.29 is 9.90 Å². The van der Waals surface area contributed by atoms with E-state index in [1.165, 1.54) is 0 Å². The van der Waals surface area contributed by atoms with Crippen molar-refractivity contribution in [2.75, 3.05) is 38.5 Å². The van der Waals surface area contributed by atoms with Crippen LogP contribution in [0, 0.1) is 0 Å². The topological polar surface area (TPSA) is 43.8 Å². The first-order valence-corrected chi connectivity index (χ1v) is 8.33. The molecule has 0 unspecified atom stereocenters. The summed E-state index contributed by atoms with van der Waals surface area (Å²) in [6.07, 6.45) is 0. The van der Waals surface area contributed by atoms with Gasteiger partial charge in [-0.2, -0.15) is 0 Å². The molecule has 21 heavy (non-hydrogen) atoms. The average Bonchev–Trinajstić information content (AvgIpc) is 2.45. The van der Waals surface area contributed by atoms with Crippen LogP contribution in [-0.2, 0) is 4.79 Å². The molecule has 0 spiro atoms. The maximum absolute atomic E-state index is 12.2. The van der Waals surface area contributed by atoms with Crippen LogP contribution in [0.1, 0.15) is 13.8 Å². The van der Waals surface area contributed by atoms with Crippen LogP contribution < -0.4 is 0 Å². The quantitative estimate of drug-likeness (QED) is 0.841. The normalized spacial score (nSPS) is 17.0. The number of carbonyl (C=O) groups excluding carboxylic acids is 1. The van der Waals surface area contributed by atoms with E-state index >= 15 is 0 Å². The molecule has 1 fully saturated rings. The maximum Gasteiger partial charge on any atom is 0.233 e. The van der Waals surface area contributed by atoms with Gasteiger partial charge in [-0.25, -0.2) is 0 Å². The Labute approximate surface area is 131 Å².